The lowest BCUT2D eigenvalue weighted by atomic mass is 10.2. The molecule has 154 valence electrons. The average molecular weight is 469 g/mol. The van der Waals surface area contributed by atoms with Crippen LogP contribution in [0.25, 0.3) is 11.4 Å². The second-order valence-corrected chi connectivity index (χ2v) is 9.20. The van der Waals surface area contributed by atoms with E-state index in [4.69, 9.17) is 23.2 Å². The Balaban J connectivity index is 1.72. The van der Waals surface area contributed by atoms with E-state index in [2.05, 4.69) is 45.4 Å². The highest BCUT2D eigenvalue weighted by Crippen LogP contribution is 2.31. The van der Waals surface area contributed by atoms with Crippen molar-refractivity contribution in [1.82, 2.24) is 14.8 Å². The van der Waals surface area contributed by atoms with Gasteiger partial charge in [-0.15, -0.1) is 21.5 Å². The minimum atomic E-state index is -0.196. The summed E-state index contributed by atoms with van der Waals surface area (Å²) in [7, 11) is 0. The fraction of sp³-hybridized carbons (Fsp3) is 0.350. The molecule has 0 spiro atoms. The monoisotopic (exact) mass is 468 g/mol. The molecule has 29 heavy (non-hydrogen) atoms. The first kappa shape index (κ1) is 22.2. The molecule has 1 amide bonds. The van der Waals surface area contributed by atoms with Crippen LogP contribution in [0.5, 0.6) is 0 Å². The van der Waals surface area contributed by atoms with Crippen molar-refractivity contribution >= 4 is 57.9 Å². The molecule has 3 aromatic rings. The van der Waals surface area contributed by atoms with Crippen LogP contribution in [0, 0.1) is 0 Å². The number of para-hydroxylation sites is 1. The van der Waals surface area contributed by atoms with Crippen LogP contribution in [0.4, 0.5) is 5.69 Å². The number of aryl methyl sites for hydroxylation is 1. The lowest BCUT2D eigenvalue weighted by Gasteiger charge is -2.10. The summed E-state index contributed by atoms with van der Waals surface area (Å²) in [5.41, 5.74) is 1.51. The Morgan fingerprint density at radius 3 is 2.66 bits per heavy atom. The molecule has 1 N–H and O–H groups in total. The molecule has 2 heterocycles. The van der Waals surface area contributed by atoms with E-state index in [9.17, 15) is 4.79 Å². The van der Waals surface area contributed by atoms with Gasteiger partial charge in [-0.2, -0.15) is 0 Å². The number of thiophene rings is 1. The predicted molar refractivity (Wildman–Crippen MR) is 123 cm³/mol. The third kappa shape index (κ3) is 5.54. The van der Waals surface area contributed by atoms with Crippen molar-refractivity contribution in [3.05, 3.63) is 44.6 Å². The lowest BCUT2D eigenvalue weighted by molar-refractivity contribution is -0.113. The van der Waals surface area contributed by atoms with E-state index >= 15 is 0 Å². The van der Waals surface area contributed by atoms with Gasteiger partial charge < -0.3 is 9.88 Å². The number of thioether (sulfide) groups is 1. The molecule has 2 aromatic heterocycles. The minimum absolute atomic E-state index is 0.189. The molecular formula is C20H22Cl2N4OS2. The van der Waals surface area contributed by atoms with Crippen LogP contribution in [-0.2, 0) is 17.8 Å². The molecule has 5 nitrogen and oxygen atoms in total. The summed E-state index contributed by atoms with van der Waals surface area (Å²) in [6.07, 6.45) is 3.14. The number of rotatable bonds is 9. The number of hydrogen-bond acceptors (Lipinski definition) is 5. The summed E-state index contributed by atoms with van der Waals surface area (Å²) in [4.78, 5) is 13.8. The number of anilines is 1. The number of nitrogens with zero attached hydrogens (tertiary/aromatic N) is 3. The van der Waals surface area contributed by atoms with E-state index in [1.54, 1.807) is 29.5 Å². The summed E-state index contributed by atoms with van der Waals surface area (Å²) < 4.78 is 2.08. The Morgan fingerprint density at radius 2 is 1.97 bits per heavy atom. The quantitative estimate of drug-likeness (QED) is 0.368. The summed E-state index contributed by atoms with van der Waals surface area (Å²) in [5, 5.41) is 15.2. The molecule has 1 aromatic carbocycles. The van der Waals surface area contributed by atoms with E-state index in [-0.39, 0.29) is 11.7 Å². The number of hydrogen-bond donors (Lipinski definition) is 1. The van der Waals surface area contributed by atoms with Crippen LogP contribution in [0.2, 0.25) is 10.0 Å². The minimum Gasteiger partial charge on any atom is -0.323 e. The maximum absolute atomic E-state index is 12.4. The second kappa shape index (κ2) is 10.5. The van der Waals surface area contributed by atoms with Crippen molar-refractivity contribution in [3.8, 4) is 11.4 Å². The highest BCUT2D eigenvalue weighted by atomic mass is 35.5. The Kier molecular flexibility index (Phi) is 8.00. The summed E-state index contributed by atoms with van der Waals surface area (Å²) in [6.45, 7) is 5.08. The average Bonchev–Trinajstić information content (AvgIpc) is 3.31. The first-order valence-corrected chi connectivity index (χ1v) is 12.0. The molecule has 0 bridgehead atoms. The molecule has 0 aliphatic carbocycles. The maximum atomic E-state index is 12.4. The largest absolute Gasteiger partial charge is 0.323 e. The van der Waals surface area contributed by atoms with Crippen molar-refractivity contribution in [2.45, 2.75) is 44.8 Å². The molecule has 0 unspecified atom stereocenters. The molecule has 0 fully saturated rings. The lowest BCUT2D eigenvalue weighted by Crippen LogP contribution is -2.15. The van der Waals surface area contributed by atoms with Gasteiger partial charge in [0.25, 0.3) is 0 Å². The smallest absolute Gasteiger partial charge is 0.234 e. The van der Waals surface area contributed by atoms with Crippen LogP contribution in [0.15, 0.2) is 34.8 Å². The first-order chi connectivity index (χ1) is 14.0. The van der Waals surface area contributed by atoms with Crippen LogP contribution < -0.4 is 5.32 Å². The van der Waals surface area contributed by atoms with E-state index in [1.165, 1.54) is 16.6 Å². The maximum Gasteiger partial charge on any atom is 0.234 e. The number of benzene rings is 1. The Bertz CT molecular complexity index is 967. The van der Waals surface area contributed by atoms with Crippen molar-refractivity contribution in [2.24, 2.45) is 0 Å². The van der Waals surface area contributed by atoms with Crippen molar-refractivity contribution in [3.63, 3.8) is 0 Å². The van der Waals surface area contributed by atoms with Crippen molar-refractivity contribution < 1.29 is 4.79 Å². The van der Waals surface area contributed by atoms with Gasteiger partial charge in [-0.25, -0.2) is 0 Å². The Hall–Kier alpha value is -1.54. The van der Waals surface area contributed by atoms with Crippen molar-refractivity contribution in [1.29, 1.82) is 0 Å². The van der Waals surface area contributed by atoms with Crippen molar-refractivity contribution in [2.75, 3.05) is 11.1 Å². The molecule has 3 rings (SSSR count). The molecule has 0 atom stereocenters. The predicted octanol–water partition coefficient (Wildman–Crippen LogP) is 6.41. The van der Waals surface area contributed by atoms with Crippen LogP contribution in [-0.4, -0.2) is 26.4 Å². The number of aromatic nitrogens is 3. The number of halogens is 2. The van der Waals surface area contributed by atoms with Gasteiger partial charge in [0.05, 0.1) is 21.5 Å². The highest BCUT2D eigenvalue weighted by molar-refractivity contribution is 7.99. The standard InChI is InChI=1S/C20H22Cl2N4OS2/c1-3-6-14-10-13(11-28-14)19-24-25-20(26(19)9-4-2)29-12-17(27)23-18-15(21)7-5-8-16(18)22/h5,7-8,10-11H,3-4,6,9,12H2,1-2H3,(H,23,27). The zero-order valence-corrected chi connectivity index (χ0v) is 19.4. The number of nitrogens with one attached hydrogen (secondary N) is 1. The number of amides is 1. The zero-order chi connectivity index (χ0) is 20.8. The Labute approximate surface area is 188 Å². The second-order valence-electron chi connectivity index (χ2n) is 6.44. The molecule has 0 aliphatic rings. The first-order valence-electron chi connectivity index (χ1n) is 9.41. The van der Waals surface area contributed by atoms with Crippen LogP contribution in [0.1, 0.15) is 31.6 Å². The van der Waals surface area contributed by atoms with Gasteiger partial charge in [-0.1, -0.05) is 61.3 Å². The number of carbonyl (C=O) groups excluding carboxylic acids is 1. The van der Waals surface area contributed by atoms with Gasteiger partial charge in [0.1, 0.15) is 0 Å². The van der Waals surface area contributed by atoms with Gasteiger partial charge in [0, 0.05) is 22.4 Å². The van der Waals surface area contributed by atoms with Gasteiger partial charge in [-0.3, -0.25) is 4.79 Å². The summed E-state index contributed by atoms with van der Waals surface area (Å²) >= 11 is 15.3. The summed E-state index contributed by atoms with van der Waals surface area (Å²) in [6, 6.07) is 7.30. The molecule has 9 heteroatoms. The fourth-order valence-electron chi connectivity index (χ4n) is 2.83. The highest BCUT2D eigenvalue weighted by Gasteiger charge is 2.17. The van der Waals surface area contributed by atoms with Crippen LogP contribution in [0.3, 0.4) is 0 Å². The normalized spacial score (nSPS) is 11.0. The van der Waals surface area contributed by atoms with E-state index in [1.807, 2.05) is 0 Å². The van der Waals surface area contributed by atoms with Gasteiger partial charge in [0.15, 0.2) is 11.0 Å². The molecule has 0 aliphatic heterocycles. The van der Waals surface area contributed by atoms with Crippen LogP contribution >= 0.6 is 46.3 Å². The van der Waals surface area contributed by atoms with Gasteiger partial charge >= 0.3 is 0 Å². The van der Waals surface area contributed by atoms with Gasteiger partial charge in [0.2, 0.25) is 5.91 Å². The Morgan fingerprint density at radius 1 is 1.21 bits per heavy atom. The molecule has 0 saturated carbocycles. The van der Waals surface area contributed by atoms with Gasteiger partial charge in [-0.05, 0) is 31.0 Å². The van der Waals surface area contributed by atoms with E-state index in [0.717, 1.165) is 42.4 Å². The molecular weight excluding hydrogens is 447 g/mol. The summed E-state index contributed by atoms with van der Waals surface area (Å²) in [5.74, 6) is 0.842. The van der Waals surface area contributed by atoms with E-state index < -0.39 is 0 Å². The topological polar surface area (TPSA) is 59.8 Å². The number of carbonyl (C=O) groups is 1. The third-order valence-corrected chi connectivity index (χ3v) is 6.73. The fourth-order valence-corrected chi connectivity index (χ4v) is 5.06. The molecule has 0 radical (unpaired) electrons. The molecule has 0 saturated heterocycles. The third-order valence-electron chi connectivity index (χ3n) is 4.13. The van der Waals surface area contributed by atoms with E-state index in [0.29, 0.717) is 15.7 Å². The zero-order valence-electron chi connectivity index (χ0n) is 16.2. The SMILES string of the molecule is CCCc1cc(-c2nnc(SCC(=O)Nc3c(Cl)cccc3Cl)n2CCC)cs1.